The number of hydrogen-bond acceptors (Lipinski definition) is 8. The highest BCUT2D eigenvalue weighted by atomic mass is 35.5. The molecule has 43 heavy (non-hydrogen) atoms. The highest BCUT2D eigenvalue weighted by Gasteiger charge is 2.33. The molecule has 0 saturated carbocycles. The van der Waals surface area contributed by atoms with E-state index in [1.54, 1.807) is 29.3 Å². The maximum atomic E-state index is 13.2. The van der Waals surface area contributed by atoms with E-state index in [0.29, 0.717) is 40.9 Å². The minimum absolute atomic E-state index is 0.0322. The minimum atomic E-state index is -1.53. The van der Waals surface area contributed by atoms with Crippen LogP contribution in [0.25, 0.3) is 0 Å². The number of fused-ring (bicyclic) bond motifs is 1. The fourth-order valence-corrected chi connectivity index (χ4v) is 5.64. The number of nitrogen functional groups attached to an aromatic ring is 1. The second-order valence-electron chi connectivity index (χ2n) is 9.98. The number of likely N-dealkylation sites (tertiary alicyclic amines) is 1. The van der Waals surface area contributed by atoms with Gasteiger partial charge in [0, 0.05) is 37.4 Å². The van der Waals surface area contributed by atoms with E-state index in [-0.39, 0.29) is 47.1 Å². The number of β-amino-alcohol motifs (C(OH)–C–C–N with tert-alkyl or cyclic N) is 2. The number of aliphatic hydroxyl groups is 2. The summed E-state index contributed by atoms with van der Waals surface area (Å²) in [6, 6.07) is 4.80. The van der Waals surface area contributed by atoms with Gasteiger partial charge in [-0.2, -0.15) is 5.26 Å². The summed E-state index contributed by atoms with van der Waals surface area (Å²) in [5.41, 5.74) is 8.42. The predicted molar refractivity (Wildman–Crippen MR) is 156 cm³/mol. The number of hydrogen-bond donors (Lipinski definition) is 7. The summed E-state index contributed by atoms with van der Waals surface area (Å²) in [6.07, 6.45) is 1.19. The summed E-state index contributed by atoms with van der Waals surface area (Å²) in [5, 5.41) is 48.5. The van der Waals surface area contributed by atoms with Gasteiger partial charge >= 0.3 is 5.97 Å². The van der Waals surface area contributed by atoms with Crippen molar-refractivity contribution in [1.29, 1.82) is 5.26 Å². The summed E-state index contributed by atoms with van der Waals surface area (Å²) in [6.45, 7) is -0.0913. The fourth-order valence-electron chi connectivity index (χ4n) is 4.88. The summed E-state index contributed by atoms with van der Waals surface area (Å²) in [7, 11) is 0. The maximum Gasteiger partial charge on any atom is 0.328 e. The Kier molecular flexibility index (Phi) is 9.72. The average molecular weight is 632 g/mol. The van der Waals surface area contributed by atoms with Crippen LogP contribution in [0.15, 0.2) is 29.3 Å². The van der Waals surface area contributed by atoms with Crippen molar-refractivity contribution < 1.29 is 35.1 Å². The van der Waals surface area contributed by atoms with E-state index >= 15 is 0 Å². The molecule has 0 radical (unpaired) electrons. The van der Waals surface area contributed by atoms with Crippen molar-refractivity contribution in [3.05, 3.63) is 62.1 Å². The van der Waals surface area contributed by atoms with Gasteiger partial charge in [0.05, 0.1) is 39.9 Å². The van der Waals surface area contributed by atoms with Crippen molar-refractivity contribution in [2.75, 3.05) is 31.9 Å². The van der Waals surface area contributed by atoms with Crippen LogP contribution in [-0.4, -0.2) is 99.5 Å². The Bertz CT molecular complexity index is 1530. The van der Waals surface area contributed by atoms with Gasteiger partial charge in [-0.3, -0.25) is 20.3 Å². The standard InChI is InChI=1S/C27H28Cl2N8O6/c28-17-5-15-9-36(25(41)13-1-2-14(7-30)18(32)6-13)4-3-16(15)23(29)22(17)24(40)35-19(26(42)43)8-33-27(34-12-31)37-10-20(38)21(39)11-37/h1-2,5-7,19-21,30,38-39H,3-4,8-11,32H2,(H,33,34)(H,35,40)(H,42,43)/p+1/t19-,20+,21+/m0/s1. The van der Waals surface area contributed by atoms with Crippen LogP contribution in [0.4, 0.5) is 5.69 Å². The van der Waals surface area contributed by atoms with Gasteiger partial charge in [-0.15, -0.1) is 0 Å². The van der Waals surface area contributed by atoms with Crippen LogP contribution < -0.4 is 21.8 Å². The number of rotatable bonds is 7. The number of aliphatic imine (C=N–C) groups is 1. The van der Waals surface area contributed by atoms with Crippen LogP contribution in [0.5, 0.6) is 0 Å². The van der Waals surface area contributed by atoms with Crippen molar-refractivity contribution in [1.82, 2.24) is 20.4 Å². The lowest BCUT2D eigenvalue weighted by Crippen LogP contribution is -2.45. The van der Waals surface area contributed by atoms with E-state index < -0.39 is 36.7 Å². The number of carboxylic acids is 1. The molecule has 1 fully saturated rings. The van der Waals surface area contributed by atoms with E-state index in [9.17, 15) is 29.7 Å². The molecule has 3 atom stereocenters. The molecule has 0 unspecified atom stereocenters. The monoisotopic (exact) mass is 631 g/mol. The number of aliphatic carboxylic acids is 1. The highest BCUT2D eigenvalue weighted by Crippen LogP contribution is 2.35. The third-order valence-corrected chi connectivity index (χ3v) is 7.90. The first kappa shape index (κ1) is 31.5. The summed E-state index contributed by atoms with van der Waals surface area (Å²) in [4.78, 5) is 45.4. The summed E-state index contributed by atoms with van der Waals surface area (Å²) < 4.78 is 0. The van der Waals surface area contributed by atoms with Crippen LogP contribution in [0.3, 0.4) is 0 Å². The lowest BCUT2D eigenvalue weighted by molar-refractivity contribution is -0.138. The Balaban J connectivity index is 1.50. The molecule has 2 aromatic carbocycles. The first-order chi connectivity index (χ1) is 20.4. The number of carboxylic acid groups (broad SMARTS) is 1. The Morgan fingerprint density at radius 2 is 1.91 bits per heavy atom. The third kappa shape index (κ3) is 6.81. The van der Waals surface area contributed by atoms with Crippen molar-refractivity contribution in [3.63, 3.8) is 0 Å². The zero-order valence-corrected chi connectivity index (χ0v) is 24.1. The fraction of sp³-hybridized carbons (Fsp3) is 0.333. The molecule has 0 bridgehead atoms. The molecule has 2 aliphatic rings. The van der Waals surface area contributed by atoms with Crippen LogP contribution in [-0.2, 0) is 17.8 Å². The van der Waals surface area contributed by atoms with E-state index in [2.05, 4.69) is 15.6 Å². The maximum absolute atomic E-state index is 13.2. The molecule has 0 aliphatic carbocycles. The average Bonchev–Trinajstić information content (AvgIpc) is 3.30. The first-order valence-electron chi connectivity index (χ1n) is 13.0. The molecule has 16 heteroatoms. The number of nitrogens with one attached hydrogen (secondary N) is 2. The van der Waals surface area contributed by atoms with Crippen molar-refractivity contribution >= 4 is 58.8 Å². The smallest absolute Gasteiger partial charge is 0.328 e. The molecule has 14 nitrogen and oxygen atoms in total. The zero-order valence-electron chi connectivity index (χ0n) is 22.6. The van der Waals surface area contributed by atoms with Gasteiger partial charge in [0.1, 0.15) is 6.04 Å². The van der Waals surface area contributed by atoms with Gasteiger partial charge in [-0.05, 0) is 41.8 Å². The van der Waals surface area contributed by atoms with Gasteiger partial charge in [-0.1, -0.05) is 23.2 Å². The van der Waals surface area contributed by atoms with E-state index in [1.807, 2.05) is 0 Å². The van der Waals surface area contributed by atoms with Crippen molar-refractivity contribution in [2.45, 2.75) is 31.2 Å². The van der Waals surface area contributed by atoms with Crippen LogP contribution in [0, 0.1) is 11.5 Å². The number of benzene rings is 2. The van der Waals surface area contributed by atoms with Crippen LogP contribution in [0.2, 0.25) is 10.0 Å². The molecule has 9 N–H and O–H groups in total. The number of anilines is 1. The number of aliphatic hydroxyl groups excluding tert-OH is 2. The number of halogens is 2. The molecule has 2 aromatic rings. The SMILES string of the molecule is N#CNC(=NC[C@H](NC(=O)c1c(Cl)cc2c(c1Cl)CCN(C(=O)c1ccc(C=[NH2+])c(N)c1)C2)C(=O)O)N1C[C@@H](O)[C@H](O)C1. The highest BCUT2D eigenvalue weighted by molar-refractivity contribution is 6.40. The lowest BCUT2D eigenvalue weighted by atomic mass is 9.95. The van der Waals surface area contributed by atoms with Crippen molar-refractivity contribution in [2.24, 2.45) is 4.99 Å². The Hall–Kier alpha value is -4.42. The van der Waals surface area contributed by atoms with Gasteiger partial charge < -0.3 is 36.2 Å². The van der Waals surface area contributed by atoms with Crippen LogP contribution in [0.1, 0.15) is 37.4 Å². The molecule has 0 spiro atoms. The molecule has 4 rings (SSSR count). The van der Waals surface area contributed by atoms with E-state index in [0.717, 1.165) is 0 Å². The second-order valence-corrected chi connectivity index (χ2v) is 10.8. The predicted octanol–water partition coefficient (Wildman–Crippen LogP) is -1.40. The van der Waals surface area contributed by atoms with Crippen molar-refractivity contribution in [3.8, 4) is 6.19 Å². The molecule has 2 heterocycles. The number of guanidine groups is 1. The molecule has 2 aliphatic heterocycles. The third-order valence-electron chi connectivity index (χ3n) is 7.19. The first-order valence-corrected chi connectivity index (χ1v) is 13.8. The molecule has 2 amide bonds. The van der Waals surface area contributed by atoms with E-state index in [1.165, 1.54) is 17.2 Å². The quantitative estimate of drug-likeness (QED) is 0.0621. The molecular formula is C27H29Cl2N8O6+. The largest absolute Gasteiger partial charge is 0.480 e. The number of nitrogens with zero attached hydrogens (tertiary/aromatic N) is 4. The summed E-state index contributed by atoms with van der Waals surface area (Å²) in [5.74, 6) is -2.60. The summed E-state index contributed by atoms with van der Waals surface area (Å²) >= 11 is 13.1. The Labute approximate surface area is 255 Å². The number of nitriles is 1. The number of carbonyl (C=O) groups is 3. The number of carbonyl (C=O) groups excluding carboxylic acids is 2. The molecule has 226 valence electrons. The molecule has 0 aromatic heterocycles. The van der Waals surface area contributed by atoms with Gasteiger partial charge in [0.25, 0.3) is 11.8 Å². The second kappa shape index (κ2) is 13.3. The zero-order chi connectivity index (χ0) is 31.4. The Morgan fingerprint density at radius 3 is 2.51 bits per heavy atom. The minimum Gasteiger partial charge on any atom is -0.480 e. The lowest BCUT2D eigenvalue weighted by Gasteiger charge is -2.30. The van der Waals surface area contributed by atoms with E-state index in [4.69, 9.17) is 39.6 Å². The number of amides is 2. The van der Waals surface area contributed by atoms with Crippen LogP contribution >= 0.6 is 23.2 Å². The topological polar surface area (TPSA) is 230 Å². The number of nitrogens with two attached hydrogens (primary N) is 2. The van der Waals surface area contributed by atoms with Gasteiger partial charge in [0.2, 0.25) is 5.96 Å². The normalized spacial score (nSPS) is 18.8. The van der Waals surface area contributed by atoms with Gasteiger partial charge in [0.15, 0.2) is 12.4 Å². The molecule has 1 saturated heterocycles. The molecular weight excluding hydrogens is 603 g/mol. The Morgan fingerprint density at radius 1 is 1.21 bits per heavy atom. The van der Waals surface area contributed by atoms with Gasteiger partial charge in [-0.25, -0.2) is 9.79 Å².